The Morgan fingerprint density at radius 1 is 1.44 bits per heavy atom. The van der Waals surface area contributed by atoms with Gasteiger partial charge in [0.15, 0.2) is 0 Å². The van der Waals surface area contributed by atoms with E-state index < -0.39 is 10.0 Å². The van der Waals surface area contributed by atoms with Gasteiger partial charge in [0.1, 0.15) is 0 Å². The highest BCUT2D eigenvalue weighted by molar-refractivity contribution is 7.88. The maximum atomic E-state index is 11.5. The summed E-state index contributed by atoms with van der Waals surface area (Å²) < 4.78 is 28.8. The SMILES string of the molecule is CS(=O)(=O)NCCNC(=O)C1COCC1N. The molecule has 94 valence electrons. The van der Waals surface area contributed by atoms with E-state index in [0.717, 1.165) is 6.26 Å². The van der Waals surface area contributed by atoms with Crippen molar-refractivity contribution in [3.8, 4) is 0 Å². The van der Waals surface area contributed by atoms with Crippen LogP contribution in [0.4, 0.5) is 0 Å². The maximum Gasteiger partial charge on any atom is 0.227 e. The summed E-state index contributed by atoms with van der Waals surface area (Å²) in [6.45, 7) is 1.13. The van der Waals surface area contributed by atoms with Gasteiger partial charge in [-0.15, -0.1) is 0 Å². The Hall–Kier alpha value is -0.700. The molecule has 0 aromatic heterocycles. The van der Waals surface area contributed by atoms with Gasteiger partial charge in [-0.3, -0.25) is 4.79 Å². The summed E-state index contributed by atoms with van der Waals surface area (Å²) in [5.74, 6) is -0.529. The molecule has 0 aromatic rings. The number of carbonyl (C=O) groups is 1. The molecule has 16 heavy (non-hydrogen) atoms. The Bertz CT molecular complexity index is 343. The van der Waals surface area contributed by atoms with E-state index in [1.54, 1.807) is 0 Å². The first-order valence-corrected chi connectivity index (χ1v) is 6.85. The summed E-state index contributed by atoms with van der Waals surface area (Å²) in [6, 6.07) is -0.275. The highest BCUT2D eigenvalue weighted by Crippen LogP contribution is 2.10. The monoisotopic (exact) mass is 251 g/mol. The number of sulfonamides is 1. The Kier molecular flexibility index (Phi) is 4.66. The van der Waals surface area contributed by atoms with Gasteiger partial charge in [-0.25, -0.2) is 13.1 Å². The predicted octanol–water partition coefficient (Wildman–Crippen LogP) is -2.37. The minimum atomic E-state index is -3.20. The van der Waals surface area contributed by atoms with Gasteiger partial charge in [0.25, 0.3) is 0 Å². The minimum Gasteiger partial charge on any atom is -0.379 e. The van der Waals surface area contributed by atoms with Crippen LogP contribution in [-0.2, 0) is 19.6 Å². The van der Waals surface area contributed by atoms with Gasteiger partial charge < -0.3 is 15.8 Å². The van der Waals surface area contributed by atoms with Crippen LogP contribution in [0, 0.1) is 5.92 Å². The molecule has 0 aromatic carbocycles. The molecule has 1 aliphatic heterocycles. The molecule has 8 heteroatoms. The number of nitrogens with two attached hydrogens (primary N) is 1. The van der Waals surface area contributed by atoms with Crippen LogP contribution in [0.1, 0.15) is 0 Å². The van der Waals surface area contributed by atoms with Crippen LogP contribution in [0.2, 0.25) is 0 Å². The van der Waals surface area contributed by atoms with Gasteiger partial charge in [-0.1, -0.05) is 0 Å². The molecule has 1 fully saturated rings. The summed E-state index contributed by atoms with van der Waals surface area (Å²) in [6.07, 6.45) is 1.07. The summed E-state index contributed by atoms with van der Waals surface area (Å²) in [5.41, 5.74) is 5.66. The number of rotatable bonds is 5. The van der Waals surface area contributed by atoms with Crippen molar-refractivity contribution in [3.63, 3.8) is 0 Å². The third-order valence-electron chi connectivity index (χ3n) is 2.25. The molecule has 2 atom stereocenters. The summed E-state index contributed by atoms with van der Waals surface area (Å²) in [4.78, 5) is 11.5. The van der Waals surface area contributed by atoms with E-state index in [1.165, 1.54) is 0 Å². The zero-order valence-corrected chi connectivity index (χ0v) is 9.92. The number of hydrogen-bond donors (Lipinski definition) is 3. The van der Waals surface area contributed by atoms with E-state index in [9.17, 15) is 13.2 Å². The van der Waals surface area contributed by atoms with Gasteiger partial charge in [0, 0.05) is 19.1 Å². The molecule has 1 amide bonds. The van der Waals surface area contributed by atoms with E-state index in [-0.39, 0.29) is 31.0 Å². The van der Waals surface area contributed by atoms with Crippen LogP contribution in [-0.4, -0.2) is 52.9 Å². The summed E-state index contributed by atoms with van der Waals surface area (Å²) >= 11 is 0. The first-order valence-electron chi connectivity index (χ1n) is 4.96. The highest BCUT2D eigenvalue weighted by Gasteiger charge is 2.30. The van der Waals surface area contributed by atoms with Gasteiger partial charge in [-0.2, -0.15) is 0 Å². The van der Waals surface area contributed by atoms with E-state index in [0.29, 0.717) is 13.2 Å². The van der Waals surface area contributed by atoms with Gasteiger partial charge in [-0.05, 0) is 0 Å². The Labute approximate surface area is 94.8 Å². The lowest BCUT2D eigenvalue weighted by Gasteiger charge is -2.13. The van der Waals surface area contributed by atoms with E-state index in [4.69, 9.17) is 10.5 Å². The van der Waals surface area contributed by atoms with Crippen molar-refractivity contribution in [3.05, 3.63) is 0 Å². The topological polar surface area (TPSA) is 111 Å². The Balaban J connectivity index is 2.20. The Morgan fingerprint density at radius 3 is 2.62 bits per heavy atom. The maximum absolute atomic E-state index is 11.5. The molecule has 0 saturated carbocycles. The molecule has 1 heterocycles. The van der Waals surface area contributed by atoms with Crippen molar-refractivity contribution in [2.24, 2.45) is 11.7 Å². The fourth-order valence-corrected chi connectivity index (χ4v) is 1.87. The predicted molar refractivity (Wildman–Crippen MR) is 58.1 cm³/mol. The first-order chi connectivity index (χ1) is 7.40. The summed E-state index contributed by atoms with van der Waals surface area (Å²) in [5, 5.41) is 2.60. The molecule has 0 spiro atoms. The van der Waals surface area contributed by atoms with Crippen LogP contribution in [0.15, 0.2) is 0 Å². The first kappa shape index (κ1) is 13.4. The average Bonchev–Trinajstić information content (AvgIpc) is 2.57. The van der Waals surface area contributed by atoms with Crippen molar-refractivity contribution in [2.75, 3.05) is 32.6 Å². The van der Waals surface area contributed by atoms with Crippen LogP contribution in [0.5, 0.6) is 0 Å². The minimum absolute atomic E-state index is 0.174. The number of ether oxygens (including phenoxy) is 1. The smallest absolute Gasteiger partial charge is 0.227 e. The molecule has 4 N–H and O–H groups in total. The van der Waals surface area contributed by atoms with Crippen LogP contribution >= 0.6 is 0 Å². The third-order valence-corrected chi connectivity index (χ3v) is 2.98. The summed E-state index contributed by atoms with van der Waals surface area (Å²) in [7, 11) is -3.20. The average molecular weight is 251 g/mol. The van der Waals surface area contributed by atoms with Crippen LogP contribution < -0.4 is 15.8 Å². The molecule has 1 saturated heterocycles. The molecule has 1 rings (SSSR count). The second kappa shape index (κ2) is 5.58. The van der Waals surface area contributed by atoms with Crippen LogP contribution in [0.3, 0.4) is 0 Å². The van der Waals surface area contributed by atoms with Gasteiger partial charge in [0.2, 0.25) is 15.9 Å². The second-order valence-corrected chi connectivity index (χ2v) is 5.60. The van der Waals surface area contributed by atoms with Crippen molar-refractivity contribution >= 4 is 15.9 Å². The van der Waals surface area contributed by atoms with Crippen LogP contribution in [0.25, 0.3) is 0 Å². The molecule has 2 unspecified atom stereocenters. The quantitative estimate of drug-likeness (QED) is 0.473. The number of nitrogens with one attached hydrogen (secondary N) is 2. The third kappa shape index (κ3) is 4.44. The van der Waals surface area contributed by atoms with Gasteiger partial charge >= 0.3 is 0 Å². The normalized spacial score (nSPS) is 25.6. The Morgan fingerprint density at radius 2 is 2.12 bits per heavy atom. The lowest BCUT2D eigenvalue weighted by molar-refractivity contribution is -0.125. The fraction of sp³-hybridized carbons (Fsp3) is 0.875. The van der Waals surface area contributed by atoms with E-state index in [2.05, 4.69) is 10.0 Å². The molecule has 0 aliphatic carbocycles. The zero-order chi connectivity index (χ0) is 12.2. The molecular weight excluding hydrogens is 234 g/mol. The molecule has 7 nitrogen and oxygen atoms in total. The number of carbonyl (C=O) groups excluding carboxylic acids is 1. The second-order valence-electron chi connectivity index (χ2n) is 3.77. The molecule has 0 radical (unpaired) electrons. The zero-order valence-electron chi connectivity index (χ0n) is 9.10. The molecule has 1 aliphatic rings. The van der Waals surface area contributed by atoms with Crippen molar-refractivity contribution in [1.82, 2.24) is 10.0 Å². The number of amides is 1. The largest absolute Gasteiger partial charge is 0.379 e. The lowest BCUT2D eigenvalue weighted by atomic mass is 10.0. The number of hydrogen-bond acceptors (Lipinski definition) is 5. The van der Waals surface area contributed by atoms with Gasteiger partial charge in [0.05, 0.1) is 25.4 Å². The van der Waals surface area contributed by atoms with Crippen molar-refractivity contribution < 1.29 is 17.9 Å². The fourth-order valence-electron chi connectivity index (χ4n) is 1.39. The van der Waals surface area contributed by atoms with Crippen molar-refractivity contribution in [2.45, 2.75) is 6.04 Å². The van der Waals surface area contributed by atoms with E-state index in [1.807, 2.05) is 0 Å². The standard InChI is InChI=1S/C8H17N3O4S/c1-16(13,14)11-3-2-10-8(12)6-4-15-5-7(6)9/h6-7,11H,2-5,9H2,1H3,(H,10,12). The molecular formula is C8H17N3O4S. The van der Waals surface area contributed by atoms with Crippen molar-refractivity contribution in [1.29, 1.82) is 0 Å². The van der Waals surface area contributed by atoms with E-state index >= 15 is 0 Å². The lowest BCUT2D eigenvalue weighted by Crippen LogP contribution is -2.43. The molecule has 0 bridgehead atoms. The highest BCUT2D eigenvalue weighted by atomic mass is 32.2.